The fourth-order valence-electron chi connectivity index (χ4n) is 4.64. The second-order valence-corrected chi connectivity index (χ2v) is 8.99. The predicted octanol–water partition coefficient (Wildman–Crippen LogP) is 6.00. The minimum Gasteiger partial charge on any atom is -0.508 e. The number of benzene rings is 2. The summed E-state index contributed by atoms with van der Waals surface area (Å²) in [6, 6.07) is 12.4. The highest BCUT2D eigenvalue weighted by molar-refractivity contribution is 7.14. The number of hydrogen-bond acceptors (Lipinski definition) is 4. The quantitative estimate of drug-likeness (QED) is 0.596. The summed E-state index contributed by atoms with van der Waals surface area (Å²) in [6.07, 6.45) is 4.93. The summed E-state index contributed by atoms with van der Waals surface area (Å²) in [5.74, 6) is 0.423. The Hall–Kier alpha value is -2.33. The van der Waals surface area contributed by atoms with Crippen LogP contribution < -0.4 is 4.90 Å². The van der Waals surface area contributed by atoms with Crippen molar-refractivity contribution in [2.24, 2.45) is 5.41 Å². The Labute approximate surface area is 164 Å². The standard InChI is InChI=1S/C23H24N2OS/c1-15-16(2)21-18(11-20(15)26)12-23(9-6-10-23)14-25(21)22-24-19(13-27-22)17-7-4-3-5-8-17/h3-5,7-8,11,13,26H,6,9-10,12,14H2,1-2H3. The molecule has 0 amide bonds. The van der Waals surface area contributed by atoms with Crippen molar-refractivity contribution >= 4 is 22.2 Å². The van der Waals surface area contributed by atoms with Crippen molar-refractivity contribution in [1.29, 1.82) is 0 Å². The Kier molecular flexibility index (Phi) is 3.80. The van der Waals surface area contributed by atoms with Gasteiger partial charge in [0.2, 0.25) is 0 Å². The first kappa shape index (κ1) is 16.8. The number of aromatic hydroxyl groups is 1. The fraction of sp³-hybridized carbons (Fsp3) is 0.348. The van der Waals surface area contributed by atoms with Crippen molar-refractivity contribution in [3.8, 4) is 17.0 Å². The van der Waals surface area contributed by atoms with E-state index in [0.29, 0.717) is 11.2 Å². The highest BCUT2D eigenvalue weighted by Crippen LogP contribution is 2.53. The van der Waals surface area contributed by atoms with E-state index in [0.717, 1.165) is 34.9 Å². The average Bonchev–Trinajstić information content (AvgIpc) is 3.15. The third kappa shape index (κ3) is 2.66. The maximum Gasteiger partial charge on any atom is 0.190 e. The molecule has 1 saturated carbocycles. The number of fused-ring (bicyclic) bond motifs is 1. The Balaban J connectivity index is 1.62. The zero-order chi connectivity index (χ0) is 18.6. The molecule has 1 spiro atoms. The van der Waals surface area contributed by atoms with E-state index in [4.69, 9.17) is 4.98 Å². The number of anilines is 2. The largest absolute Gasteiger partial charge is 0.508 e. The SMILES string of the molecule is Cc1c(O)cc2c(c1C)N(c1nc(-c3ccccc3)cs1)CC1(CCC1)C2. The first-order chi connectivity index (χ1) is 13.1. The van der Waals surface area contributed by atoms with Crippen LogP contribution in [0.1, 0.15) is 36.0 Å². The molecule has 3 nitrogen and oxygen atoms in total. The molecule has 0 radical (unpaired) electrons. The molecule has 2 aromatic carbocycles. The second kappa shape index (κ2) is 6.10. The van der Waals surface area contributed by atoms with Gasteiger partial charge < -0.3 is 10.0 Å². The smallest absolute Gasteiger partial charge is 0.190 e. The van der Waals surface area contributed by atoms with Crippen LogP contribution in [0.4, 0.5) is 10.8 Å². The number of aromatic nitrogens is 1. The summed E-state index contributed by atoms with van der Waals surface area (Å²) in [4.78, 5) is 7.43. The minimum absolute atomic E-state index is 0.347. The zero-order valence-corrected chi connectivity index (χ0v) is 16.6. The van der Waals surface area contributed by atoms with E-state index in [1.165, 1.54) is 36.1 Å². The molecular formula is C23H24N2OS. The highest BCUT2D eigenvalue weighted by atomic mass is 32.1. The summed E-state index contributed by atoms with van der Waals surface area (Å²) in [5.41, 5.74) is 7.24. The molecular weight excluding hydrogens is 352 g/mol. The molecule has 0 saturated heterocycles. The minimum atomic E-state index is 0.347. The van der Waals surface area contributed by atoms with Gasteiger partial charge >= 0.3 is 0 Å². The molecule has 0 unspecified atom stereocenters. The normalized spacial score (nSPS) is 17.6. The molecule has 138 valence electrons. The molecule has 27 heavy (non-hydrogen) atoms. The lowest BCUT2D eigenvalue weighted by molar-refractivity contribution is 0.138. The van der Waals surface area contributed by atoms with E-state index in [-0.39, 0.29) is 0 Å². The summed E-state index contributed by atoms with van der Waals surface area (Å²) in [7, 11) is 0. The molecule has 2 aliphatic rings. The summed E-state index contributed by atoms with van der Waals surface area (Å²) in [5, 5.41) is 13.6. The van der Waals surface area contributed by atoms with E-state index in [2.05, 4.69) is 41.5 Å². The first-order valence-corrected chi connectivity index (χ1v) is 10.5. The van der Waals surface area contributed by atoms with Crippen LogP contribution in [0, 0.1) is 19.3 Å². The van der Waals surface area contributed by atoms with Gasteiger partial charge in [0.15, 0.2) is 5.13 Å². The number of hydrogen-bond donors (Lipinski definition) is 1. The monoisotopic (exact) mass is 376 g/mol. The number of thiazole rings is 1. The van der Waals surface area contributed by atoms with Crippen LogP contribution >= 0.6 is 11.3 Å². The lowest BCUT2D eigenvalue weighted by Gasteiger charge is -2.50. The molecule has 2 heterocycles. The molecule has 3 aromatic rings. The average molecular weight is 377 g/mol. The van der Waals surface area contributed by atoms with Crippen LogP contribution in [0.15, 0.2) is 41.8 Å². The van der Waals surface area contributed by atoms with E-state index < -0.39 is 0 Å². The van der Waals surface area contributed by atoms with Gasteiger partial charge in [0.1, 0.15) is 5.75 Å². The van der Waals surface area contributed by atoms with Crippen LogP contribution in [0.3, 0.4) is 0 Å². The van der Waals surface area contributed by atoms with Gasteiger partial charge in [0, 0.05) is 23.2 Å². The Morgan fingerprint density at radius 3 is 2.59 bits per heavy atom. The Morgan fingerprint density at radius 1 is 1.11 bits per heavy atom. The molecule has 0 atom stereocenters. The van der Waals surface area contributed by atoms with Crippen molar-refractivity contribution in [1.82, 2.24) is 4.98 Å². The van der Waals surface area contributed by atoms with Gasteiger partial charge in [-0.3, -0.25) is 0 Å². The van der Waals surface area contributed by atoms with Gasteiger partial charge in [0.25, 0.3) is 0 Å². The van der Waals surface area contributed by atoms with Gasteiger partial charge in [-0.1, -0.05) is 36.8 Å². The van der Waals surface area contributed by atoms with Gasteiger partial charge in [-0.25, -0.2) is 4.98 Å². The van der Waals surface area contributed by atoms with E-state index >= 15 is 0 Å². The lowest BCUT2D eigenvalue weighted by Crippen LogP contribution is -2.46. The maximum absolute atomic E-state index is 10.4. The van der Waals surface area contributed by atoms with Crippen molar-refractivity contribution < 1.29 is 5.11 Å². The fourth-order valence-corrected chi connectivity index (χ4v) is 5.48. The lowest BCUT2D eigenvalue weighted by atomic mass is 9.63. The number of rotatable bonds is 2. The van der Waals surface area contributed by atoms with Crippen LogP contribution in [0.5, 0.6) is 5.75 Å². The zero-order valence-electron chi connectivity index (χ0n) is 15.8. The Morgan fingerprint density at radius 2 is 1.89 bits per heavy atom. The van der Waals surface area contributed by atoms with Crippen molar-refractivity contribution in [2.75, 3.05) is 11.4 Å². The van der Waals surface area contributed by atoms with Crippen molar-refractivity contribution in [3.63, 3.8) is 0 Å². The van der Waals surface area contributed by atoms with Gasteiger partial charge in [-0.2, -0.15) is 0 Å². The predicted molar refractivity (Wildman–Crippen MR) is 112 cm³/mol. The highest BCUT2D eigenvalue weighted by Gasteiger charge is 2.44. The first-order valence-electron chi connectivity index (χ1n) is 9.67. The molecule has 1 fully saturated rings. The van der Waals surface area contributed by atoms with Gasteiger partial charge in [-0.15, -0.1) is 11.3 Å². The maximum atomic E-state index is 10.4. The molecule has 5 rings (SSSR count). The summed E-state index contributed by atoms with van der Waals surface area (Å²) in [6.45, 7) is 5.17. The summed E-state index contributed by atoms with van der Waals surface area (Å²) < 4.78 is 0. The molecule has 4 heteroatoms. The van der Waals surface area contributed by atoms with E-state index in [1.807, 2.05) is 19.1 Å². The third-order valence-corrected chi connectivity index (χ3v) is 7.32. The summed E-state index contributed by atoms with van der Waals surface area (Å²) >= 11 is 1.72. The number of phenolic OH excluding ortho intramolecular Hbond substituents is 1. The topological polar surface area (TPSA) is 36.4 Å². The van der Waals surface area contributed by atoms with E-state index in [9.17, 15) is 5.11 Å². The Bertz CT molecular complexity index is 1000. The third-order valence-electron chi connectivity index (χ3n) is 6.45. The van der Waals surface area contributed by atoms with Crippen molar-refractivity contribution in [2.45, 2.75) is 39.5 Å². The van der Waals surface area contributed by atoms with Crippen LogP contribution in [-0.2, 0) is 6.42 Å². The molecule has 0 bridgehead atoms. The number of phenols is 1. The second-order valence-electron chi connectivity index (χ2n) is 8.15. The van der Waals surface area contributed by atoms with Gasteiger partial charge in [-0.05, 0) is 61.3 Å². The molecule has 1 aliphatic heterocycles. The van der Waals surface area contributed by atoms with E-state index in [1.54, 1.807) is 11.3 Å². The molecule has 1 aromatic heterocycles. The van der Waals surface area contributed by atoms with Crippen LogP contribution in [-0.4, -0.2) is 16.6 Å². The number of nitrogens with zero attached hydrogens (tertiary/aromatic N) is 2. The van der Waals surface area contributed by atoms with Crippen LogP contribution in [0.25, 0.3) is 11.3 Å². The van der Waals surface area contributed by atoms with Crippen molar-refractivity contribution in [3.05, 3.63) is 58.5 Å². The molecule has 1 N–H and O–H groups in total. The molecule has 1 aliphatic carbocycles. The van der Waals surface area contributed by atoms with Crippen LogP contribution in [0.2, 0.25) is 0 Å². The van der Waals surface area contributed by atoms with Gasteiger partial charge in [0.05, 0.1) is 5.69 Å².